The number of nitrogens with one attached hydrogen (secondary N) is 1. The van der Waals surface area contributed by atoms with E-state index in [1.54, 1.807) is 20.8 Å². The van der Waals surface area contributed by atoms with Gasteiger partial charge in [-0.3, -0.25) is 0 Å². The Hall–Kier alpha value is -0.810. The number of aliphatic hydroxyl groups is 2. The van der Waals surface area contributed by atoms with E-state index in [-0.39, 0.29) is 6.61 Å². The largest absolute Gasteiger partial charge is 0.444 e. The predicted molar refractivity (Wildman–Crippen MR) is 51.9 cm³/mol. The monoisotopic (exact) mass is 205 g/mol. The molecule has 0 aliphatic rings. The van der Waals surface area contributed by atoms with E-state index in [1.807, 2.05) is 0 Å². The second-order valence-corrected chi connectivity index (χ2v) is 4.18. The first kappa shape index (κ1) is 13.2. The predicted octanol–water partition coefficient (Wildman–Crippen LogP) is 0.253. The van der Waals surface area contributed by atoms with Crippen molar-refractivity contribution in [1.29, 1.82) is 0 Å². The van der Waals surface area contributed by atoms with Crippen molar-refractivity contribution in [2.24, 2.45) is 0 Å². The normalized spacial score (nSPS) is 15.9. The number of rotatable bonds is 3. The fraction of sp³-hybridized carbons (Fsp3) is 0.889. The third-order valence-corrected chi connectivity index (χ3v) is 1.48. The summed E-state index contributed by atoms with van der Waals surface area (Å²) in [7, 11) is 0. The van der Waals surface area contributed by atoms with Crippen molar-refractivity contribution in [3.05, 3.63) is 0 Å². The van der Waals surface area contributed by atoms with Gasteiger partial charge >= 0.3 is 6.09 Å². The van der Waals surface area contributed by atoms with Crippen molar-refractivity contribution in [2.45, 2.75) is 45.4 Å². The summed E-state index contributed by atoms with van der Waals surface area (Å²) >= 11 is 0. The second kappa shape index (κ2) is 5.17. The van der Waals surface area contributed by atoms with E-state index < -0.39 is 23.8 Å². The number of hydrogen-bond donors (Lipinski definition) is 3. The molecule has 0 aromatic heterocycles. The van der Waals surface area contributed by atoms with E-state index in [0.717, 1.165) is 0 Å². The van der Waals surface area contributed by atoms with Gasteiger partial charge < -0.3 is 20.3 Å². The van der Waals surface area contributed by atoms with Crippen LogP contribution in [-0.2, 0) is 4.74 Å². The van der Waals surface area contributed by atoms with Crippen molar-refractivity contribution in [3.63, 3.8) is 0 Å². The highest BCUT2D eigenvalue weighted by atomic mass is 16.6. The van der Waals surface area contributed by atoms with Crippen molar-refractivity contribution in [1.82, 2.24) is 5.32 Å². The molecule has 3 N–H and O–H groups in total. The zero-order valence-corrected chi connectivity index (χ0v) is 9.07. The van der Waals surface area contributed by atoms with E-state index >= 15 is 0 Å². The maximum absolute atomic E-state index is 11.2. The minimum atomic E-state index is -0.812. The van der Waals surface area contributed by atoms with E-state index in [1.165, 1.54) is 6.92 Å². The van der Waals surface area contributed by atoms with Crippen LogP contribution in [0.15, 0.2) is 0 Å². The van der Waals surface area contributed by atoms with Gasteiger partial charge in [0.15, 0.2) is 0 Å². The molecule has 0 saturated heterocycles. The minimum absolute atomic E-state index is 0.323. The van der Waals surface area contributed by atoms with Crippen LogP contribution in [0.5, 0.6) is 0 Å². The lowest BCUT2D eigenvalue weighted by molar-refractivity contribution is 0.0377. The van der Waals surface area contributed by atoms with E-state index in [0.29, 0.717) is 0 Å². The van der Waals surface area contributed by atoms with Crippen molar-refractivity contribution in [3.8, 4) is 0 Å². The molecule has 5 nitrogen and oxygen atoms in total. The summed E-state index contributed by atoms with van der Waals surface area (Å²) in [5.74, 6) is 0. The molecule has 0 unspecified atom stereocenters. The van der Waals surface area contributed by atoms with Crippen molar-refractivity contribution in [2.75, 3.05) is 6.61 Å². The van der Waals surface area contributed by atoms with Gasteiger partial charge in [-0.1, -0.05) is 0 Å². The van der Waals surface area contributed by atoms with Crippen LogP contribution in [-0.4, -0.2) is 40.7 Å². The van der Waals surface area contributed by atoms with Crippen LogP contribution in [0.3, 0.4) is 0 Å². The fourth-order valence-corrected chi connectivity index (χ4v) is 0.778. The first-order valence-corrected chi connectivity index (χ1v) is 4.54. The van der Waals surface area contributed by atoms with Gasteiger partial charge in [0.1, 0.15) is 5.60 Å². The molecular weight excluding hydrogens is 186 g/mol. The molecule has 0 bridgehead atoms. The molecule has 14 heavy (non-hydrogen) atoms. The number of alkyl carbamates (subject to hydrolysis) is 1. The lowest BCUT2D eigenvalue weighted by Crippen LogP contribution is -2.46. The quantitative estimate of drug-likeness (QED) is 0.617. The highest BCUT2D eigenvalue weighted by molar-refractivity contribution is 5.68. The highest BCUT2D eigenvalue weighted by Gasteiger charge is 2.21. The molecule has 84 valence electrons. The van der Waals surface area contributed by atoms with Crippen LogP contribution in [0.4, 0.5) is 4.79 Å². The molecule has 2 atom stereocenters. The van der Waals surface area contributed by atoms with Crippen LogP contribution in [0, 0.1) is 0 Å². The number of carbonyl (C=O) groups is 1. The number of aliphatic hydroxyl groups excluding tert-OH is 2. The van der Waals surface area contributed by atoms with Gasteiger partial charge in [0, 0.05) is 0 Å². The number of carbonyl (C=O) groups excluding carboxylic acids is 1. The Bertz CT molecular complexity index is 186. The summed E-state index contributed by atoms with van der Waals surface area (Å²) in [6, 6.07) is -0.690. The first-order valence-electron chi connectivity index (χ1n) is 4.54. The Morgan fingerprint density at radius 3 is 2.29 bits per heavy atom. The Morgan fingerprint density at radius 2 is 2.00 bits per heavy atom. The van der Waals surface area contributed by atoms with Crippen LogP contribution >= 0.6 is 0 Å². The molecule has 0 aliphatic carbocycles. The molecule has 1 amide bonds. The Balaban J connectivity index is 4.04. The average Bonchev–Trinajstić information content (AvgIpc) is 1.96. The first-order chi connectivity index (χ1) is 6.26. The van der Waals surface area contributed by atoms with E-state index in [9.17, 15) is 4.79 Å². The lowest BCUT2D eigenvalue weighted by atomic mass is 10.2. The number of hydrogen-bond acceptors (Lipinski definition) is 4. The third kappa shape index (κ3) is 5.77. The smallest absolute Gasteiger partial charge is 0.408 e. The summed E-state index contributed by atoms with van der Waals surface area (Å²) in [5, 5.41) is 20.3. The lowest BCUT2D eigenvalue weighted by Gasteiger charge is -2.23. The zero-order chi connectivity index (χ0) is 11.4. The molecule has 5 heteroatoms. The zero-order valence-electron chi connectivity index (χ0n) is 9.07. The molecule has 0 radical (unpaired) electrons. The van der Waals surface area contributed by atoms with Crippen molar-refractivity contribution < 1.29 is 19.7 Å². The van der Waals surface area contributed by atoms with Crippen LogP contribution in [0.1, 0.15) is 27.7 Å². The summed E-state index contributed by atoms with van der Waals surface area (Å²) < 4.78 is 4.95. The van der Waals surface area contributed by atoms with Gasteiger partial charge in [-0.05, 0) is 27.7 Å². The minimum Gasteiger partial charge on any atom is -0.444 e. The maximum atomic E-state index is 11.2. The molecule has 0 aliphatic heterocycles. The molecule has 0 rings (SSSR count). The molecule has 0 spiro atoms. The van der Waals surface area contributed by atoms with E-state index in [2.05, 4.69) is 5.32 Å². The standard InChI is InChI=1S/C9H19NO4/c1-6(12)7(5-11)10-8(13)14-9(2,3)4/h6-7,11-12H,5H2,1-4H3,(H,10,13)/t6-,7+/m1/s1. The summed E-state index contributed by atoms with van der Waals surface area (Å²) in [6.45, 7) is 6.38. The van der Waals surface area contributed by atoms with Gasteiger partial charge in [-0.15, -0.1) is 0 Å². The van der Waals surface area contributed by atoms with Crippen LogP contribution in [0.2, 0.25) is 0 Å². The topological polar surface area (TPSA) is 78.8 Å². The maximum Gasteiger partial charge on any atom is 0.408 e. The van der Waals surface area contributed by atoms with Gasteiger partial charge in [0.2, 0.25) is 0 Å². The summed E-state index contributed by atoms with van der Waals surface area (Å²) in [6.07, 6.45) is -1.45. The van der Waals surface area contributed by atoms with Crippen LogP contribution < -0.4 is 5.32 Å². The Labute approximate surface area is 84.1 Å². The second-order valence-electron chi connectivity index (χ2n) is 4.18. The summed E-state index contributed by atoms with van der Waals surface area (Å²) in [5.41, 5.74) is -0.581. The van der Waals surface area contributed by atoms with Gasteiger partial charge in [0.25, 0.3) is 0 Å². The highest BCUT2D eigenvalue weighted by Crippen LogP contribution is 2.07. The SMILES string of the molecule is C[C@@H](O)[C@H](CO)NC(=O)OC(C)(C)C. The Kier molecular flexibility index (Phi) is 4.87. The van der Waals surface area contributed by atoms with Crippen molar-refractivity contribution >= 4 is 6.09 Å². The molecule has 0 aromatic carbocycles. The van der Waals surface area contributed by atoms with Gasteiger partial charge in [-0.25, -0.2) is 4.79 Å². The fourth-order valence-electron chi connectivity index (χ4n) is 0.778. The van der Waals surface area contributed by atoms with Crippen LogP contribution in [0.25, 0.3) is 0 Å². The molecular formula is C9H19NO4. The van der Waals surface area contributed by atoms with Gasteiger partial charge in [-0.2, -0.15) is 0 Å². The third-order valence-electron chi connectivity index (χ3n) is 1.48. The summed E-state index contributed by atoms with van der Waals surface area (Å²) in [4.78, 5) is 11.2. The molecule has 0 fully saturated rings. The molecule has 0 heterocycles. The van der Waals surface area contributed by atoms with E-state index in [4.69, 9.17) is 14.9 Å². The number of amides is 1. The molecule has 0 saturated carbocycles. The number of ether oxygens (including phenoxy) is 1. The Morgan fingerprint density at radius 1 is 1.50 bits per heavy atom. The molecule has 0 aromatic rings. The van der Waals surface area contributed by atoms with Gasteiger partial charge in [0.05, 0.1) is 18.8 Å². The average molecular weight is 205 g/mol.